The van der Waals surface area contributed by atoms with E-state index in [2.05, 4.69) is 0 Å². The quantitative estimate of drug-likeness (QED) is 0.397. The standard InChI is InChI=1S/C19H21N3O7/c1-28-14-5-3-13(4-6-14)22-17(25)16(24)21(19(22)27)11-15(23)20-9-7-12(8-10-20)18(26)29-2/h3-6,12H,7-11H2,1-2H3. The number of urea groups is 1. The van der Waals surface area contributed by atoms with Gasteiger partial charge in [-0.2, -0.15) is 0 Å². The van der Waals surface area contributed by atoms with Gasteiger partial charge in [0.1, 0.15) is 12.3 Å². The number of rotatable bonds is 5. The molecule has 0 spiro atoms. The van der Waals surface area contributed by atoms with Gasteiger partial charge in [0.15, 0.2) is 0 Å². The number of piperidine rings is 1. The Labute approximate surface area is 166 Å². The molecule has 0 N–H and O–H groups in total. The topological polar surface area (TPSA) is 114 Å². The maximum Gasteiger partial charge on any atom is 0.339 e. The Morgan fingerprint density at radius 2 is 1.62 bits per heavy atom. The maximum atomic E-state index is 12.6. The first-order valence-electron chi connectivity index (χ1n) is 9.07. The van der Waals surface area contributed by atoms with E-state index < -0.39 is 30.3 Å². The molecule has 0 atom stereocenters. The van der Waals surface area contributed by atoms with Crippen molar-refractivity contribution in [2.24, 2.45) is 5.92 Å². The summed E-state index contributed by atoms with van der Waals surface area (Å²) in [6.45, 7) is 0.0921. The minimum atomic E-state index is -1.05. The molecule has 1 aromatic carbocycles. The van der Waals surface area contributed by atoms with Crippen LogP contribution in [0.4, 0.5) is 10.5 Å². The number of esters is 1. The van der Waals surface area contributed by atoms with E-state index in [0.29, 0.717) is 36.6 Å². The molecule has 2 saturated heterocycles. The fourth-order valence-corrected chi connectivity index (χ4v) is 3.37. The number of carbonyl (C=O) groups excluding carboxylic acids is 5. The molecular formula is C19H21N3O7. The molecule has 0 aromatic heterocycles. The minimum Gasteiger partial charge on any atom is -0.497 e. The van der Waals surface area contributed by atoms with Crippen molar-refractivity contribution in [1.82, 2.24) is 9.80 Å². The third-order valence-electron chi connectivity index (χ3n) is 5.06. The zero-order valence-electron chi connectivity index (χ0n) is 16.1. The summed E-state index contributed by atoms with van der Waals surface area (Å²) in [6, 6.07) is 5.19. The summed E-state index contributed by atoms with van der Waals surface area (Å²) in [4.78, 5) is 64.2. The highest BCUT2D eigenvalue weighted by Gasteiger charge is 2.46. The number of anilines is 1. The fourth-order valence-electron chi connectivity index (χ4n) is 3.37. The second-order valence-electron chi connectivity index (χ2n) is 6.69. The number of amides is 5. The highest BCUT2D eigenvalue weighted by molar-refractivity contribution is 6.53. The van der Waals surface area contributed by atoms with Gasteiger partial charge in [-0.05, 0) is 37.1 Å². The minimum absolute atomic E-state index is 0.211. The second kappa shape index (κ2) is 8.29. The molecule has 0 unspecified atom stereocenters. The molecule has 0 radical (unpaired) electrons. The Kier molecular flexibility index (Phi) is 5.81. The lowest BCUT2D eigenvalue weighted by Gasteiger charge is -2.31. The highest BCUT2D eigenvalue weighted by atomic mass is 16.5. The lowest BCUT2D eigenvalue weighted by molar-refractivity contribution is -0.149. The van der Waals surface area contributed by atoms with E-state index in [4.69, 9.17) is 9.47 Å². The SMILES string of the molecule is COC(=O)C1CCN(C(=O)CN2C(=O)C(=O)N(c3ccc(OC)cc3)C2=O)CC1. The molecule has 1 aromatic rings. The van der Waals surface area contributed by atoms with Crippen LogP contribution in [0.25, 0.3) is 0 Å². The summed E-state index contributed by atoms with van der Waals surface area (Å²) in [5.74, 6) is -2.59. The normalized spacial score (nSPS) is 17.7. The lowest BCUT2D eigenvalue weighted by Crippen LogP contribution is -2.47. The summed E-state index contributed by atoms with van der Waals surface area (Å²) in [7, 11) is 2.79. The van der Waals surface area contributed by atoms with Gasteiger partial charge in [0.25, 0.3) is 0 Å². The van der Waals surface area contributed by atoms with Gasteiger partial charge < -0.3 is 14.4 Å². The van der Waals surface area contributed by atoms with Gasteiger partial charge >= 0.3 is 23.8 Å². The first-order valence-corrected chi connectivity index (χ1v) is 9.07. The molecule has 2 heterocycles. The van der Waals surface area contributed by atoms with Crippen molar-refractivity contribution in [3.05, 3.63) is 24.3 Å². The van der Waals surface area contributed by atoms with Gasteiger partial charge in [-0.25, -0.2) is 14.6 Å². The largest absolute Gasteiger partial charge is 0.497 e. The Hall–Kier alpha value is -3.43. The summed E-state index contributed by atoms with van der Waals surface area (Å²) < 4.78 is 9.74. The highest BCUT2D eigenvalue weighted by Crippen LogP contribution is 2.25. The van der Waals surface area contributed by atoms with E-state index in [1.165, 1.54) is 31.3 Å². The predicted octanol–water partition coefficient (Wildman–Crippen LogP) is 0.402. The van der Waals surface area contributed by atoms with Crippen LogP contribution in [0.3, 0.4) is 0 Å². The van der Waals surface area contributed by atoms with Crippen LogP contribution < -0.4 is 9.64 Å². The van der Waals surface area contributed by atoms with Crippen LogP contribution in [0.5, 0.6) is 5.75 Å². The van der Waals surface area contributed by atoms with Crippen LogP contribution in [-0.4, -0.2) is 73.4 Å². The van der Waals surface area contributed by atoms with Gasteiger partial charge in [-0.1, -0.05) is 0 Å². The molecule has 2 aliphatic heterocycles. The van der Waals surface area contributed by atoms with Crippen molar-refractivity contribution < 1.29 is 33.4 Å². The smallest absolute Gasteiger partial charge is 0.339 e. The lowest BCUT2D eigenvalue weighted by atomic mass is 9.97. The summed E-state index contributed by atoms with van der Waals surface area (Å²) >= 11 is 0. The Bertz CT molecular complexity index is 844. The number of benzene rings is 1. The number of ether oxygens (including phenoxy) is 2. The number of hydrogen-bond donors (Lipinski definition) is 0. The van der Waals surface area contributed by atoms with Crippen molar-refractivity contribution in [2.45, 2.75) is 12.8 Å². The number of carbonyl (C=O) groups is 5. The molecule has 0 aliphatic carbocycles. The Morgan fingerprint density at radius 1 is 1.00 bits per heavy atom. The number of methoxy groups -OCH3 is 2. The number of likely N-dealkylation sites (tertiary alicyclic amines) is 1. The molecule has 0 bridgehead atoms. The summed E-state index contributed by atoms with van der Waals surface area (Å²) in [6.07, 6.45) is 0.883. The average Bonchev–Trinajstić information content (AvgIpc) is 2.96. The van der Waals surface area contributed by atoms with Gasteiger partial charge in [-0.3, -0.25) is 19.2 Å². The van der Waals surface area contributed by atoms with Crippen LogP contribution >= 0.6 is 0 Å². The molecule has 2 fully saturated rings. The molecule has 3 rings (SSSR count). The van der Waals surface area contributed by atoms with Crippen molar-refractivity contribution >= 4 is 35.4 Å². The molecule has 29 heavy (non-hydrogen) atoms. The molecule has 0 saturated carbocycles. The summed E-state index contributed by atoms with van der Waals surface area (Å²) in [5, 5.41) is 0. The number of nitrogens with zero attached hydrogens (tertiary/aromatic N) is 3. The van der Waals surface area contributed by atoms with E-state index in [0.717, 1.165) is 4.90 Å². The van der Waals surface area contributed by atoms with E-state index >= 15 is 0 Å². The summed E-state index contributed by atoms with van der Waals surface area (Å²) in [5.41, 5.74) is 0.211. The second-order valence-corrected chi connectivity index (χ2v) is 6.69. The molecule has 10 nitrogen and oxygen atoms in total. The van der Waals surface area contributed by atoms with Crippen molar-refractivity contribution in [2.75, 3.05) is 38.8 Å². The molecule has 2 aliphatic rings. The zero-order valence-corrected chi connectivity index (χ0v) is 16.1. The Morgan fingerprint density at radius 3 is 2.17 bits per heavy atom. The zero-order chi connectivity index (χ0) is 21.1. The van der Waals surface area contributed by atoms with Crippen LogP contribution in [0.2, 0.25) is 0 Å². The Balaban J connectivity index is 1.66. The van der Waals surface area contributed by atoms with Gasteiger partial charge in [0.05, 0.1) is 25.8 Å². The van der Waals surface area contributed by atoms with Crippen molar-refractivity contribution in [1.29, 1.82) is 0 Å². The van der Waals surface area contributed by atoms with E-state index in [1.807, 2.05) is 0 Å². The van der Waals surface area contributed by atoms with Crippen LogP contribution in [0.15, 0.2) is 24.3 Å². The van der Waals surface area contributed by atoms with E-state index in [1.54, 1.807) is 12.1 Å². The predicted molar refractivity (Wildman–Crippen MR) is 98.9 cm³/mol. The maximum absolute atomic E-state index is 12.6. The fraction of sp³-hybridized carbons (Fsp3) is 0.421. The van der Waals surface area contributed by atoms with Gasteiger partial charge in [0, 0.05) is 13.1 Å². The monoisotopic (exact) mass is 403 g/mol. The van der Waals surface area contributed by atoms with Crippen molar-refractivity contribution in [3.63, 3.8) is 0 Å². The molecule has 10 heteroatoms. The average molecular weight is 403 g/mol. The van der Waals surface area contributed by atoms with E-state index in [9.17, 15) is 24.0 Å². The van der Waals surface area contributed by atoms with Crippen LogP contribution in [-0.2, 0) is 23.9 Å². The van der Waals surface area contributed by atoms with Gasteiger partial charge in [0.2, 0.25) is 5.91 Å². The molecule has 154 valence electrons. The first kappa shape index (κ1) is 20.3. The number of imide groups is 2. The van der Waals surface area contributed by atoms with Crippen LogP contribution in [0, 0.1) is 5.92 Å². The number of hydrogen-bond acceptors (Lipinski definition) is 7. The first-order chi connectivity index (χ1) is 13.9. The molecule has 5 amide bonds. The van der Waals surface area contributed by atoms with Crippen LogP contribution in [0.1, 0.15) is 12.8 Å². The van der Waals surface area contributed by atoms with Gasteiger partial charge in [-0.15, -0.1) is 0 Å². The van der Waals surface area contributed by atoms with Crippen molar-refractivity contribution in [3.8, 4) is 5.75 Å². The molecular weight excluding hydrogens is 382 g/mol. The third-order valence-corrected chi connectivity index (χ3v) is 5.06. The van der Waals surface area contributed by atoms with E-state index in [-0.39, 0.29) is 17.6 Å². The third kappa shape index (κ3) is 3.91.